The van der Waals surface area contributed by atoms with Crippen LogP contribution in [0.15, 0.2) is 0 Å². The summed E-state index contributed by atoms with van der Waals surface area (Å²) in [5.74, 6) is -0.969. The van der Waals surface area contributed by atoms with E-state index in [0.29, 0.717) is 24.6 Å². The fourth-order valence-electron chi connectivity index (χ4n) is 2.91. The van der Waals surface area contributed by atoms with E-state index >= 15 is 0 Å². The summed E-state index contributed by atoms with van der Waals surface area (Å²) in [6.45, 7) is 12.6. The van der Waals surface area contributed by atoms with Gasteiger partial charge in [-0.25, -0.2) is 4.79 Å². The highest BCUT2D eigenvalue weighted by Gasteiger charge is 2.40. The van der Waals surface area contributed by atoms with Crippen molar-refractivity contribution in [2.75, 3.05) is 24.6 Å². The normalized spacial score (nSPS) is 17.6. The molecule has 1 N–H and O–H groups in total. The van der Waals surface area contributed by atoms with Crippen LogP contribution >= 0.6 is 68.1 Å². The van der Waals surface area contributed by atoms with Gasteiger partial charge in [0.1, 0.15) is 0 Å². The molecule has 0 saturated carbocycles. The molecule has 0 aromatic rings. The lowest BCUT2D eigenvalue weighted by Crippen LogP contribution is -2.36. The lowest BCUT2D eigenvalue weighted by molar-refractivity contribution is -0.145. The quantitative estimate of drug-likeness (QED) is 0.102. The SMILES string of the molecule is CC(C)(C)SC(CC(=O)NCCSSCCN1C(=O)CC(SC(C)(C)C)C1=O)C(=O)C(=O)OI. The average molecular weight is 665 g/mol. The summed E-state index contributed by atoms with van der Waals surface area (Å²) < 4.78 is 4.10. The molecule has 1 rings (SSSR count). The van der Waals surface area contributed by atoms with Crippen molar-refractivity contribution >= 4 is 97.6 Å². The predicted molar refractivity (Wildman–Crippen MR) is 151 cm³/mol. The minimum atomic E-state index is -0.958. The Kier molecular flexibility index (Phi) is 13.7. The first-order chi connectivity index (χ1) is 15.6. The Morgan fingerprint density at radius 3 is 2.26 bits per heavy atom. The van der Waals surface area contributed by atoms with E-state index in [-0.39, 0.29) is 45.3 Å². The highest BCUT2D eigenvalue weighted by Crippen LogP contribution is 2.35. The standard InChI is InChI=1S/C21H33IN2O6S4/c1-20(2,3)33-13(17(27)19(29)30-22)11-15(25)23-7-9-31-32-10-8-24-16(26)12-14(18(24)28)34-21(4,5)6/h13-14H,7-12H2,1-6H3,(H,23,25). The van der Waals surface area contributed by atoms with Crippen LogP contribution in [0.4, 0.5) is 0 Å². The van der Waals surface area contributed by atoms with Crippen molar-refractivity contribution in [1.29, 1.82) is 0 Å². The third-order valence-corrected chi connectivity index (χ3v) is 9.64. The second kappa shape index (κ2) is 14.6. The van der Waals surface area contributed by atoms with Crippen LogP contribution < -0.4 is 5.32 Å². The molecular formula is C21H33IN2O6S4. The minimum absolute atomic E-state index is 0.0800. The molecule has 0 aliphatic carbocycles. The van der Waals surface area contributed by atoms with E-state index in [9.17, 15) is 24.0 Å². The third kappa shape index (κ3) is 12.2. The van der Waals surface area contributed by atoms with Gasteiger partial charge in [-0.3, -0.25) is 24.1 Å². The Morgan fingerprint density at radius 2 is 1.71 bits per heavy atom. The number of amides is 3. The molecular weight excluding hydrogens is 631 g/mol. The number of carbonyl (C=O) groups is 5. The molecule has 0 bridgehead atoms. The first-order valence-corrected chi connectivity index (χ1v) is 15.8. The summed E-state index contributed by atoms with van der Waals surface area (Å²) >= 11 is 4.16. The minimum Gasteiger partial charge on any atom is -0.389 e. The molecule has 0 aromatic heterocycles. The Morgan fingerprint density at radius 1 is 1.09 bits per heavy atom. The number of hydrogen-bond acceptors (Lipinski definition) is 10. The molecule has 8 nitrogen and oxygen atoms in total. The second-order valence-electron chi connectivity index (χ2n) is 9.45. The molecule has 2 atom stereocenters. The van der Waals surface area contributed by atoms with E-state index in [4.69, 9.17) is 0 Å². The van der Waals surface area contributed by atoms with Crippen LogP contribution in [0.3, 0.4) is 0 Å². The smallest absolute Gasteiger partial charge is 0.385 e. The average Bonchev–Trinajstić information content (AvgIpc) is 2.95. The van der Waals surface area contributed by atoms with Gasteiger partial charge in [-0.15, -0.1) is 23.5 Å². The van der Waals surface area contributed by atoms with Crippen LogP contribution in [-0.2, 0) is 27.0 Å². The number of nitrogens with one attached hydrogen (secondary N) is 1. The molecule has 1 saturated heterocycles. The number of hydrogen-bond donors (Lipinski definition) is 1. The monoisotopic (exact) mass is 664 g/mol. The summed E-state index contributed by atoms with van der Waals surface area (Å²) in [4.78, 5) is 62.2. The van der Waals surface area contributed by atoms with Gasteiger partial charge in [-0.2, -0.15) is 0 Å². The maximum atomic E-state index is 12.5. The van der Waals surface area contributed by atoms with Crippen LogP contribution in [0.5, 0.6) is 0 Å². The molecule has 194 valence electrons. The van der Waals surface area contributed by atoms with Gasteiger partial charge in [0.05, 0.1) is 10.5 Å². The molecule has 3 amide bonds. The summed E-state index contributed by atoms with van der Waals surface area (Å²) in [5.41, 5.74) is 0. The number of carbonyl (C=O) groups excluding carboxylic acids is 5. The van der Waals surface area contributed by atoms with Crippen LogP contribution in [0.2, 0.25) is 0 Å². The van der Waals surface area contributed by atoms with Crippen molar-refractivity contribution in [2.45, 2.75) is 74.4 Å². The molecule has 1 aliphatic rings. The molecule has 2 unspecified atom stereocenters. The van der Waals surface area contributed by atoms with Gasteiger partial charge in [0.2, 0.25) is 17.7 Å². The summed E-state index contributed by atoms with van der Waals surface area (Å²) in [6.07, 6.45) is 0.161. The Bertz CT molecular complexity index is 769. The van der Waals surface area contributed by atoms with Crippen LogP contribution in [-0.4, -0.2) is 79.0 Å². The number of likely N-dealkylation sites (tertiary alicyclic amines) is 1. The van der Waals surface area contributed by atoms with Gasteiger partial charge in [-0.1, -0.05) is 63.1 Å². The van der Waals surface area contributed by atoms with Crippen molar-refractivity contribution in [3.8, 4) is 0 Å². The maximum absolute atomic E-state index is 12.5. The second-order valence-corrected chi connectivity index (χ2v) is 16.7. The topological polar surface area (TPSA) is 110 Å². The summed E-state index contributed by atoms with van der Waals surface area (Å²) in [5, 5.41) is 1.67. The van der Waals surface area contributed by atoms with E-state index in [0.717, 1.165) is 0 Å². The number of ketones is 1. The van der Waals surface area contributed by atoms with Crippen molar-refractivity contribution in [3.05, 3.63) is 0 Å². The van der Waals surface area contributed by atoms with Gasteiger partial charge in [0, 0.05) is 46.9 Å². The molecule has 13 heteroatoms. The predicted octanol–water partition coefficient (Wildman–Crippen LogP) is 3.90. The Balaban J connectivity index is 2.32. The first kappa shape index (κ1) is 31.9. The molecule has 0 spiro atoms. The van der Waals surface area contributed by atoms with E-state index in [1.54, 1.807) is 0 Å². The fraction of sp³-hybridized carbons (Fsp3) is 0.762. The molecule has 0 radical (unpaired) electrons. The zero-order valence-corrected chi connectivity index (χ0v) is 25.7. The van der Waals surface area contributed by atoms with Crippen molar-refractivity contribution in [2.24, 2.45) is 0 Å². The third-order valence-electron chi connectivity index (χ3n) is 4.12. The van der Waals surface area contributed by atoms with E-state index < -0.39 is 17.0 Å². The van der Waals surface area contributed by atoms with Crippen molar-refractivity contribution in [1.82, 2.24) is 10.2 Å². The molecule has 34 heavy (non-hydrogen) atoms. The van der Waals surface area contributed by atoms with Crippen LogP contribution in [0.25, 0.3) is 0 Å². The number of imide groups is 1. The van der Waals surface area contributed by atoms with Crippen molar-refractivity contribution < 1.29 is 27.0 Å². The van der Waals surface area contributed by atoms with Crippen LogP contribution in [0.1, 0.15) is 54.4 Å². The lowest BCUT2D eigenvalue weighted by Gasteiger charge is -2.23. The number of nitrogens with zero attached hydrogens (tertiary/aromatic N) is 1. The van der Waals surface area contributed by atoms with Gasteiger partial charge < -0.3 is 8.38 Å². The molecule has 0 aromatic carbocycles. The zero-order valence-electron chi connectivity index (χ0n) is 20.3. The Labute approximate surface area is 232 Å². The van der Waals surface area contributed by atoms with E-state index in [1.807, 2.05) is 41.5 Å². The number of thioether (sulfide) groups is 2. The van der Waals surface area contributed by atoms with Gasteiger partial charge in [0.15, 0.2) is 23.0 Å². The van der Waals surface area contributed by atoms with E-state index in [2.05, 4.69) is 8.38 Å². The van der Waals surface area contributed by atoms with Crippen molar-refractivity contribution in [3.63, 3.8) is 0 Å². The highest BCUT2D eigenvalue weighted by molar-refractivity contribution is 14.1. The maximum Gasteiger partial charge on any atom is 0.385 e. The zero-order chi connectivity index (χ0) is 26.1. The summed E-state index contributed by atoms with van der Waals surface area (Å²) in [7, 11) is 3.07. The number of halogens is 1. The number of rotatable bonds is 13. The lowest BCUT2D eigenvalue weighted by atomic mass is 10.2. The van der Waals surface area contributed by atoms with Gasteiger partial charge >= 0.3 is 5.97 Å². The fourth-order valence-corrected chi connectivity index (χ4v) is 7.58. The Hall–Kier alpha value is -0.120. The van der Waals surface area contributed by atoms with Crippen LogP contribution in [0, 0.1) is 0 Å². The van der Waals surface area contributed by atoms with Gasteiger partial charge in [-0.05, 0) is 0 Å². The highest BCUT2D eigenvalue weighted by atomic mass is 127. The number of Topliss-reactive ketones (excluding diaryl/α,β-unsaturated/α-hetero) is 1. The largest absolute Gasteiger partial charge is 0.389 e. The first-order valence-electron chi connectivity index (χ1n) is 10.7. The molecule has 1 heterocycles. The van der Waals surface area contributed by atoms with Gasteiger partial charge in [0.25, 0.3) is 5.78 Å². The molecule has 1 aliphatic heterocycles. The molecule has 1 fully saturated rings. The summed E-state index contributed by atoms with van der Waals surface area (Å²) in [6, 6.07) is 0. The van der Waals surface area contributed by atoms with E-state index in [1.165, 1.54) is 73.0 Å².